The summed E-state index contributed by atoms with van der Waals surface area (Å²) >= 11 is 6.29. The lowest BCUT2D eigenvalue weighted by Crippen LogP contribution is -2.33. The molecule has 8 nitrogen and oxygen atoms in total. The molecule has 208 valence electrons. The molecule has 0 radical (unpaired) electrons. The first-order valence-electron chi connectivity index (χ1n) is 13.4. The number of methoxy groups -OCH3 is 1. The minimum absolute atomic E-state index is 0.142. The van der Waals surface area contributed by atoms with Gasteiger partial charge in [0.15, 0.2) is 17.2 Å². The number of rotatable bonds is 5. The van der Waals surface area contributed by atoms with Crippen LogP contribution in [0.15, 0.2) is 79.1 Å². The second-order valence-corrected chi connectivity index (χ2v) is 10.1. The number of ether oxygens (including phenoxy) is 3. The number of hydrogen-bond donors (Lipinski definition) is 1. The van der Waals surface area contributed by atoms with Gasteiger partial charge in [-0.3, -0.25) is 14.4 Å². The van der Waals surface area contributed by atoms with Gasteiger partial charge in [-0.15, -0.1) is 0 Å². The second-order valence-electron chi connectivity index (χ2n) is 9.71. The van der Waals surface area contributed by atoms with Crippen molar-refractivity contribution in [1.29, 1.82) is 0 Å². The average Bonchev–Trinajstić information content (AvgIpc) is 3.45. The molecule has 0 saturated heterocycles. The third-order valence-electron chi connectivity index (χ3n) is 6.67. The monoisotopic (exact) mass is 560 g/mol. The van der Waals surface area contributed by atoms with Crippen molar-refractivity contribution in [1.82, 2.24) is 14.7 Å². The number of anilines is 1. The number of nitrogens with zero attached hydrogens (tertiary/aromatic N) is 3. The number of hydrogen-bond acceptors (Lipinski definition) is 6. The SMILES string of the molecule is COc1ccc(CN2CCCCCOc3ccccc3Oc3ccc(Cl)cc3NC(=O)C2)cc1Cn1cccn1. The molecule has 1 aliphatic rings. The Bertz CT molecular complexity index is 1430. The fourth-order valence-electron chi connectivity index (χ4n) is 4.74. The van der Waals surface area contributed by atoms with Gasteiger partial charge in [0, 0.05) is 29.5 Å². The molecular formula is C31H33ClN4O4. The molecule has 40 heavy (non-hydrogen) atoms. The van der Waals surface area contributed by atoms with Crippen LogP contribution in [0.1, 0.15) is 30.4 Å². The summed E-state index contributed by atoms with van der Waals surface area (Å²) in [6, 6.07) is 20.8. The first kappa shape index (κ1) is 27.6. The van der Waals surface area contributed by atoms with Crippen molar-refractivity contribution < 1.29 is 19.0 Å². The van der Waals surface area contributed by atoms with E-state index in [-0.39, 0.29) is 12.5 Å². The maximum Gasteiger partial charge on any atom is 0.238 e. The van der Waals surface area contributed by atoms with E-state index in [2.05, 4.69) is 21.4 Å². The molecule has 1 amide bonds. The minimum atomic E-state index is -0.142. The highest BCUT2D eigenvalue weighted by Gasteiger charge is 2.17. The number of benzene rings is 3. The summed E-state index contributed by atoms with van der Waals surface area (Å²) in [5, 5.41) is 7.85. The Morgan fingerprint density at radius 3 is 2.67 bits per heavy atom. The minimum Gasteiger partial charge on any atom is -0.496 e. The average molecular weight is 561 g/mol. The molecule has 0 saturated carbocycles. The number of amides is 1. The van der Waals surface area contributed by atoms with E-state index >= 15 is 0 Å². The summed E-state index contributed by atoms with van der Waals surface area (Å²) in [5.74, 6) is 2.41. The van der Waals surface area contributed by atoms with Crippen LogP contribution in [0.3, 0.4) is 0 Å². The fourth-order valence-corrected chi connectivity index (χ4v) is 4.92. The number of carbonyl (C=O) groups excluding carboxylic acids is 1. The van der Waals surface area contributed by atoms with E-state index in [1.807, 2.05) is 53.3 Å². The van der Waals surface area contributed by atoms with Crippen molar-refractivity contribution in [2.75, 3.05) is 32.1 Å². The van der Waals surface area contributed by atoms with Crippen LogP contribution in [-0.4, -0.2) is 47.4 Å². The zero-order chi connectivity index (χ0) is 27.7. The van der Waals surface area contributed by atoms with Crippen LogP contribution < -0.4 is 19.5 Å². The van der Waals surface area contributed by atoms with Gasteiger partial charge in [0.2, 0.25) is 5.91 Å². The van der Waals surface area contributed by atoms with E-state index in [1.54, 1.807) is 31.5 Å². The molecule has 0 bridgehead atoms. The molecule has 5 rings (SSSR count). The predicted octanol–water partition coefficient (Wildman–Crippen LogP) is 6.39. The Labute approximate surface area is 239 Å². The Morgan fingerprint density at radius 2 is 1.85 bits per heavy atom. The summed E-state index contributed by atoms with van der Waals surface area (Å²) in [6.07, 6.45) is 6.50. The van der Waals surface area contributed by atoms with Crippen molar-refractivity contribution in [3.05, 3.63) is 95.3 Å². The molecule has 0 unspecified atom stereocenters. The molecule has 1 aromatic heterocycles. The third kappa shape index (κ3) is 7.34. The first-order chi connectivity index (χ1) is 19.6. The normalized spacial score (nSPS) is 14.9. The van der Waals surface area contributed by atoms with Crippen LogP contribution >= 0.6 is 11.6 Å². The maximum atomic E-state index is 13.3. The van der Waals surface area contributed by atoms with E-state index < -0.39 is 0 Å². The smallest absolute Gasteiger partial charge is 0.238 e. The highest BCUT2D eigenvalue weighted by Crippen LogP contribution is 2.36. The molecular weight excluding hydrogens is 528 g/mol. The van der Waals surface area contributed by atoms with E-state index in [1.165, 1.54) is 0 Å². The molecule has 1 aliphatic heterocycles. The second kappa shape index (κ2) is 13.4. The lowest BCUT2D eigenvalue weighted by atomic mass is 10.1. The van der Waals surface area contributed by atoms with Gasteiger partial charge in [-0.25, -0.2) is 0 Å². The van der Waals surface area contributed by atoms with Crippen molar-refractivity contribution >= 4 is 23.2 Å². The Balaban J connectivity index is 1.36. The van der Waals surface area contributed by atoms with Gasteiger partial charge in [0.25, 0.3) is 0 Å². The summed E-state index contributed by atoms with van der Waals surface area (Å²) in [6.45, 7) is 2.79. The van der Waals surface area contributed by atoms with Gasteiger partial charge in [-0.2, -0.15) is 5.10 Å². The van der Waals surface area contributed by atoms with Crippen molar-refractivity contribution in [3.63, 3.8) is 0 Å². The maximum absolute atomic E-state index is 13.3. The molecule has 4 aromatic rings. The summed E-state index contributed by atoms with van der Waals surface area (Å²) in [5.41, 5.74) is 2.64. The standard InChI is InChI=1S/C31H33ClN4O4/c1-38-27-12-10-23(18-24(27)21-36-16-7-14-33-36)20-35-15-5-2-6-17-39-29-8-3-4-9-30(29)40-28-13-11-25(32)19-26(28)34-31(37)22-35/h3-4,7-14,16,18-19H,2,5-6,15,17,20-22H2,1H3,(H,34,37). The Hall–Kier alpha value is -4.01. The zero-order valence-electron chi connectivity index (χ0n) is 22.5. The van der Waals surface area contributed by atoms with Gasteiger partial charge in [-0.1, -0.05) is 29.8 Å². The molecule has 0 atom stereocenters. The zero-order valence-corrected chi connectivity index (χ0v) is 23.3. The van der Waals surface area contributed by atoms with Crippen molar-refractivity contribution in [3.8, 4) is 23.0 Å². The largest absolute Gasteiger partial charge is 0.496 e. The molecule has 0 spiro atoms. The number of para-hydroxylation sites is 2. The van der Waals surface area contributed by atoms with Gasteiger partial charge in [0.05, 0.1) is 32.5 Å². The predicted molar refractivity (Wildman–Crippen MR) is 156 cm³/mol. The van der Waals surface area contributed by atoms with Crippen molar-refractivity contribution in [2.45, 2.75) is 32.4 Å². The van der Waals surface area contributed by atoms with Crippen LogP contribution in [0, 0.1) is 0 Å². The topological polar surface area (TPSA) is 77.9 Å². The van der Waals surface area contributed by atoms with Gasteiger partial charge in [-0.05, 0) is 79.9 Å². The Kier molecular flexibility index (Phi) is 9.21. The first-order valence-corrected chi connectivity index (χ1v) is 13.8. The number of fused-ring (bicyclic) bond motifs is 2. The lowest BCUT2D eigenvalue weighted by Gasteiger charge is -2.23. The number of carbonyl (C=O) groups is 1. The molecule has 9 heteroatoms. The van der Waals surface area contributed by atoms with Crippen LogP contribution in [-0.2, 0) is 17.9 Å². The highest BCUT2D eigenvalue weighted by atomic mass is 35.5. The van der Waals surface area contributed by atoms with E-state index in [0.29, 0.717) is 47.7 Å². The highest BCUT2D eigenvalue weighted by molar-refractivity contribution is 6.31. The van der Waals surface area contributed by atoms with E-state index in [4.69, 9.17) is 25.8 Å². The molecule has 0 aliphatic carbocycles. The molecule has 1 N–H and O–H groups in total. The summed E-state index contributed by atoms with van der Waals surface area (Å²) < 4.78 is 19.7. The summed E-state index contributed by atoms with van der Waals surface area (Å²) in [4.78, 5) is 15.5. The molecule has 3 aromatic carbocycles. The third-order valence-corrected chi connectivity index (χ3v) is 6.91. The number of halogens is 1. The number of nitrogens with one attached hydrogen (secondary N) is 1. The van der Waals surface area contributed by atoms with Crippen LogP contribution in [0.4, 0.5) is 5.69 Å². The van der Waals surface area contributed by atoms with Crippen LogP contribution in [0.25, 0.3) is 0 Å². The van der Waals surface area contributed by atoms with Gasteiger partial charge >= 0.3 is 0 Å². The molecule has 2 heterocycles. The summed E-state index contributed by atoms with van der Waals surface area (Å²) in [7, 11) is 1.67. The fraction of sp³-hybridized carbons (Fsp3) is 0.290. The van der Waals surface area contributed by atoms with Gasteiger partial charge < -0.3 is 19.5 Å². The van der Waals surface area contributed by atoms with E-state index in [0.717, 1.165) is 42.7 Å². The lowest BCUT2D eigenvalue weighted by molar-refractivity contribution is -0.117. The quantitative estimate of drug-likeness (QED) is 0.305. The molecule has 0 fully saturated rings. The van der Waals surface area contributed by atoms with Gasteiger partial charge in [0.1, 0.15) is 5.75 Å². The number of aromatic nitrogens is 2. The van der Waals surface area contributed by atoms with Crippen molar-refractivity contribution in [2.24, 2.45) is 0 Å². The van der Waals surface area contributed by atoms with E-state index in [9.17, 15) is 4.79 Å². The van der Waals surface area contributed by atoms with Crippen LogP contribution in [0.2, 0.25) is 5.02 Å². The van der Waals surface area contributed by atoms with Crippen LogP contribution in [0.5, 0.6) is 23.0 Å². The Morgan fingerprint density at radius 1 is 0.975 bits per heavy atom.